The van der Waals surface area contributed by atoms with Crippen LogP contribution in [0.4, 0.5) is 0 Å². The van der Waals surface area contributed by atoms with E-state index in [0.717, 1.165) is 5.56 Å². The van der Waals surface area contributed by atoms with Crippen LogP contribution < -0.4 is 0 Å². The van der Waals surface area contributed by atoms with Crippen LogP contribution in [0.25, 0.3) is 0 Å². The summed E-state index contributed by atoms with van der Waals surface area (Å²) in [6, 6.07) is 8.32. The molecule has 4 aliphatic rings. The maximum Gasteiger partial charge on any atom is 0.305 e. The molecule has 10 nitrogen and oxygen atoms in total. The van der Waals surface area contributed by atoms with Gasteiger partial charge in [-0.1, -0.05) is 30.3 Å². The Balaban J connectivity index is 1.60. The van der Waals surface area contributed by atoms with E-state index in [1.807, 2.05) is 58.0 Å². The summed E-state index contributed by atoms with van der Waals surface area (Å²) in [6.07, 6.45) is -3.46. The molecule has 4 fully saturated rings. The molecule has 4 saturated heterocycles. The lowest BCUT2D eigenvalue weighted by molar-refractivity contribution is -0.222. The molecule has 1 amide bonds. The summed E-state index contributed by atoms with van der Waals surface area (Å²) >= 11 is 0. The minimum Gasteiger partial charge on any atom is -0.469 e. The van der Waals surface area contributed by atoms with Gasteiger partial charge in [-0.2, -0.15) is 0 Å². The molecular formula is C27H37NO9. The number of fused-ring (bicyclic) bond motifs is 1. The molecule has 204 valence electrons. The summed E-state index contributed by atoms with van der Waals surface area (Å²) in [5, 5.41) is 11.7. The van der Waals surface area contributed by atoms with E-state index in [0.29, 0.717) is 6.61 Å². The van der Waals surface area contributed by atoms with Crippen molar-refractivity contribution in [3.05, 3.63) is 35.9 Å². The fourth-order valence-electron chi connectivity index (χ4n) is 6.61. The zero-order chi connectivity index (χ0) is 26.7. The number of aliphatic hydroxyl groups is 1. The minimum atomic E-state index is -0.969. The molecule has 1 aromatic carbocycles. The molecule has 0 aromatic heterocycles. The highest BCUT2D eigenvalue weighted by Gasteiger charge is 2.67. The first-order valence-corrected chi connectivity index (χ1v) is 12.8. The van der Waals surface area contributed by atoms with Gasteiger partial charge in [-0.15, -0.1) is 0 Å². The summed E-state index contributed by atoms with van der Waals surface area (Å²) in [6.45, 7) is 7.60. The number of hydrogen-bond donors (Lipinski definition) is 1. The van der Waals surface area contributed by atoms with Crippen LogP contribution in [0.5, 0.6) is 0 Å². The van der Waals surface area contributed by atoms with E-state index in [2.05, 4.69) is 0 Å². The molecule has 1 N–H and O–H groups in total. The largest absolute Gasteiger partial charge is 0.469 e. The highest BCUT2D eigenvalue weighted by molar-refractivity contribution is 5.89. The van der Waals surface area contributed by atoms with E-state index in [1.165, 1.54) is 14.2 Å². The van der Waals surface area contributed by atoms with Crippen molar-refractivity contribution in [1.82, 2.24) is 4.90 Å². The van der Waals surface area contributed by atoms with Crippen LogP contribution in [-0.4, -0.2) is 96.9 Å². The molecule has 4 heterocycles. The maximum absolute atomic E-state index is 13.4. The van der Waals surface area contributed by atoms with Crippen LogP contribution in [0.15, 0.2) is 30.3 Å². The fourth-order valence-corrected chi connectivity index (χ4v) is 6.61. The minimum absolute atomic E-state index is 0.0214. The average Bonchev–Trinajstić information content (AvgIpc) is 3.37. The van der Waals surface area contributed by atoms with Gasteiger partial charge in [0.25, 0.3) is 5.91 Å². The van der Waals surface area contributed by atoms with Crippen molar-refractivity contribution in [1.29, 1.82) is 0 Å². The van der Waals surface area contributed by atoms with Crippen LogP contribution in [-0.2, 0) is 38.0 Å². The van der Waals surface area contributed by atoms with Crippen LogP contribution in [0.1, 0.15) is 45.6 Å². The molecule has 0 saturated carbocycles. The monoisotopic (exact) mass is 519 g/mol. The molecule has 0 spiro atoms. The SMILES string of the molecule is COC(=O)C[C@H]1[C@@H](c2ccccc2)[C@H](O)[C@H]2[C@@H](OC)C(=O)N2[C@@H]1[C@H]1OC(C)(C)O[C@@H]1[C@H]1COC(C)(C)O1. The molecule has 0 radical (unpaired) electrons. The van der Waals surface area contributed by atoms with Gasteiger partial charge in [0.05, 0.1) is 38.3 Å². The first-order valence-electron chi connectivity index (χ1n) is 12.8. The van der Waals surface area contributed by atoms with E-state index in [4.69, 9.17) is 28.4 Å². The van der Waals surface area contributed by atoms with Gasteiger partial charge in [-0.25, -0.2) is 0 Å². The van der Waals surface area contributed by atoms with Crippen LogP contribution in [0.3, 0.4) is 0 Å². The Hall–Kier alpha value is -2.08. The highest BCUT2D eigenvalue weighted by Crippen LogP contribution is 2.51. The van der Waals surface area contributed by atoms with Gasteiger partial charge in [0.15, 0.2) is 17.7 Å². The number of rotatable bonds is 6. The summed E-state index contributed by atoms with van der Waals surface area (Å²) in [5.74, 6) is -3.46. The topological polar surface area (TPSA) is 113 Å². The first kappa shape index (κ1) is 26.5. The molecule has 0 bridgehead atoms. The van der Waals surface area contributed by atoms with Crippen molar-refractivity contribution in [2.24, 2.45) is 5.92 Å². The van der Waals surface area contributed by atoms with Crippen LogP contribution in [0, 0.1) is 5.92 Å². The van der Waals surface area contributed by atoms with Crippen molar-refractivity contribution in [2.45, 2.75) is 94.2 Å². The van der Waals surface area contributed by atoms with Crippen molar-refractivity contribution in [3.8, 4) is 0 Å². The van der Waals surface area contributed by atoms with Gasteiger partial charge < -0.3 is 38.4 Å². The van der Waals surface area contributed by atoms with Gasteiger partial charge in [0, 0.05) is 18.9 Å². The number of methoxy groups -OCH3 is 2. The van der Waals surface area contributed by atoms with Crippen molar-refractivity contribution in [2.75, 3.05) is 20.8 Å². The lowest BCUT2D eigenvalue weighted by Crippen LogP contribution is -2.79. The molecule has 5 rings (SSSR count). The Bertz CT molecular complexity index is 1010. The molecule has 37 heavy (non-hydrogen) atoms. The second-order valence-electron chi connectivity index (χ2n) is 11.2. The van der Waals surface area contributed by atoms with Gasteiger partial charge in [-0.3, -0.25) is 9.59 Å². The summed E-state index contributed by atoms with van der Waals surface area (Å²) in [4.78, 5) is 27.8. The zero-order valence-electron chi connectivity index (χ0n) is 22.2. The molecule has 10 heteroatoms. The molecule has 9 atom stereocenters. The Morgan fingerprint density at radius 1 is 1.03 bits per heavy atom. The summed E-state index contributed by atoms with van der Waals surface area (Å²) in [7, 11) is 2.80. The molecule has 4 aliphatic heterocycles. The number of amides is 1. The number of carbonyl (C=O) groups excluding carboxylic acids is 2. The molecule has 0 aliphatic carbocycles. The van der Waals surface area contributed by atoms with E-state index < -0.39 is 72.0 Å². The fraction of sp³-hybridized carbons (Fsp3) is 0.704. The van der Waals surface area contributed by atoms with Crippen molar-refractivity contribution < 1.29 is 43.1 Å². The van der Waals surface area contributed by atoms with Gasteiger partial charge >= 0.3 is 5.97 Å². The Kier molecular flexibility index (Phi) is 6.87. The number of carbonyl (C=O) groups is 2. The molecule has 1 aromatic rings. The van der Waals surface area contributed by atoms with E-state index in [1.54, 1.807) is 4.90 Å². The number of nitrogens with zero attached hydrogens (tertiary/aromatic N) is 1. The highest BCUT2D eigenvalue weighted by atomic mass is 16.8. The predicted octanol–water partition coefficient (Wildman–Crippen LogP) is 1.59. The summed E-state index contributed by atoms with van der Waals surface area (Å²) in [5.41, 5.74) is 0.860. The number of β-lactam (4-membered cyclic amide) rings is 1. The third-order valence-corrected chi connectivity index (χ3v) is 8.03. The van der Waals surface area contributed by atoms with Crippen LogP contribution >= 0.6 is 0 Å². The second-order valence-corrected chi connectivity index (χ2v) is 11.2. The first-order chi connectivity index (χ1) is 17.5. The quantitative estimate of drug-likeness (QED) is 0.442. The number of hydrogen-bond acceptors (Lipinski definition) is 9. The third kappa shape index (κ3) is 4.57. The normalized spacial score (nSPS) is 40.2. The van der Waals surface area contributed by atoms with E-state index in [9.17, 15) is 14.7 Å². The zero-order valence-corrected chi connectivity index (χ0v) is 22.2. The second kappa shape index (κ2) is 9.59. The lowest BCUT2D eigenvalue weighted by atomic mass is 9.64. The Labute approximate surface area is 217 Å². The van der Waals surface area contributed by atoms with Gasteiger partial charge in [0.2, 0.25) is 0 Å². The maximum atomic E-state index is 13.4. The lowest BCUT2D eigenvalue weighted by Gasteiger charge is -2.61. The number of ether oxygens (including phenoxy) is 6. The predicted molar refractivity (Wildman–Crippen MR) is 129 cm³/mol. The van der Waals surface area contributed by atoms with Crippen molar-refractivity contribution >= 4 is 11.9 Å². The van der Waals surface area contributed by atoms with E-state index in [-0.39, 0.29) is 12.3 Å². The number of benzene rings is 1. The number of piperidine rings is 1. The van der Waals surface area contributed by atoms with E-state index >= 15 is 0 Å². The van der Waals surface area contributed by atoms with Crippen molar-refractivity contribution in [3.63, 3.8) is 0 Å². The molecular weight excluding hydrogens is 482 g/mol. The standard InChI is InChI=1S/C27H37NO9/c1-26(2)34-13-16(35-26)22-23(37-27(3,4)36-22)19-15(12-17(29)32-5)18(14-10-8-7-9-11-14)21(30)20-24(33-6)25(31)28(19)20/h7-11,15-16,18-24,30H,12-13H2,1-6H3/t15-,16+,18+,19-,20-,21-,22+,23+,24+/m0/s1. The average molecular weight is 520 g/mol. The van der Waals surface area contributed by atoms with Crippen LogP contribution in [0.2, 0.25) is 0 Å². The Morgan fingerprint density at radius 3 is 2.30 bits per heavy atom. The van der Waals surface area contributed by atoms with Gasteiger partial charge in [-0.05, 0) is 33.3 Å². The number of aliphatic hydroxyl groups excluding tert-OH is 1. The smallest absolute Gasteiger partial charge is 0.305 e. The van der Waals surface area contributed by atoms with Gasteiger partial charge in [0.1, 0.15) is 18.3 Å². The molecule has 0 unspecified atom stereocenters. The number of esters is 1. The Morgan fingerprint density at radius 2 is 1.70 bits per heavy atom. The third-order valence-electron chi connectivity index (χ3n) is 8.03. The summed E-state index contributed by atoms with van der Waals surface area (Å²) < 4.78 is 35.4.